The molecule has 2 atom stereocenters. The van der Waals surface area contributed by atoms with E-state index in [0.29, 0.717) is 17.9 Å². The lowest BCUT2D eigenvalue weighted by atomic mass is 9.63. The van der Waals surface area contributed by atoms with Crippen LogP contribution in [-0.2, 0) is 0 Å². The summed E-state index contributed by atoms with van der Waals surface area (Å²) in [5.41, 5.74) is 9.19. The minimum atomic E-state index is 0.0572. The van der Waals surface area contributed by atoms with Gasteiger partial charge in [0.1, 0.15) is 0 Å². The summed E-state index contributed by atoms with van der Waals surface area (Å²) in [6.07, 6.45) is 3.64. The summed E-state index contributed by atoms with van der Waals surface area (Å²) in [4.78, 5) is 0. The van der Waals surface area contributed by atoms with Crippen molar-refractivity contribution in [1.29, 1.82) is 0 Å². The summed E-state index contributed by atoms with van der Waals surface area (Å²) < 4.78 is 0. The van der Waals surface area contributed by atoms with E-state index in [1.807, 2.05) is 0 Å². The molecule has 3 N–H and O–H groups in total. The van der Waals surface area contributed by atoms with E-state index in [2.05, 4.69) is 57.3 Å². The average molecular weight is 260 g/mol. The van der Waals surface area contributed by atoms with Crippen molar-refractivity contribution in [2.75, 3.05) is 11.9 Å². The molecule has 2 unspecified atom stereocenters. The lowest BCUT2D eigenvalue weighted by molar-refractivity contribution is 0.120. The van der Waals surface area contributed by atoms with E-state index in [1.54, 1.807) is 0 Å². The fraction of sp³-hybridized carbons (Fsp3) is 0.647. The zero-order valence-electron chi connectivity index (χ0n) is 12.8. The van der Waals surface area contributed by atoms with Crippen LogP contribution >= 0.6 is 0 Å². The molecule has 0 aliphatic heterocycles. The van der Waals surface area contributed by atoms with E-state index in [9.17, 15) is 0 Å². The summed E-state index contributed by atoms with van der Waals surface area (Å²) in [7, 11) is 0. The van der Waals surface area contributed by atoms with E-state index < -0.39 is 0 Å². The molecule has 2 nitrogen and oxygen atoms in total. The van der Waals surface area contributed by atoms with E-state index >= 15 is 0 Å². The molecule has 0 amide bonds. The van der Waals surface area contributed by atoms with Crippen molar-refractivity contribution < 1.29 is 0 Å². The number of rotatable bonds is 3. The highest BCUT2D eigenvalue weighted by Crippen LogP contribution is 2.45. The molecule has 1 fully saturated rings. The Bertz CT molecular complexity index is 439. The first-order valence-corrected chi connectivity index (χ1v) is 7.42. The van der Waals surface area contributed by atoms with Crippen LogP contribution in [0.15, 0.2) is 24.3 Å². The summed E-state index contributed by atoms with van der Waals surface area (Å²) in [6, 6.07) is 8.50. The van der Waals surface area contributed by atoms with Crippen molar-refractivity contribution in [2.24, 2.45) is 17.1 Å². The van der Waals surface area contributed by atoms with Gasteiger partial charge in [0.05, 0.1) is 5.54 Å². The van der Waals surface area contributed by atoms with Crippen LogP contribution in [0.3, 0.4) is 0 Å². The minimum Gasteiger partial charge on any atom is -0.378 e. The van der Waals surface area contributed by atoms with Crippen molar-refractivity contribution in [3.05, 3.63) is 29.8 Å². The molecule has 106 valence electrons. The van der Waals surface area contributed by atoms with Gasteiger partial charge < -0.3 is 11.1 Å². The predicted molar refractivity (Wildman–Crippen MR) is 83.4 cm³/mol. The van der Waals surface area contributed by atoms with Gasteiger partial charge in [-0.15, -0.1) is 0 Å². The molecule has 1 saturated carbocycles. The van der Waals surface area contributed by atoms with Gasteiger partial charge in [-0.25, -0.2) is 0 Å². The topological polar surface area (TPSA) is 38.0 Å². The molecular formula is C17H28N2. The zero-order valence-corrected chi connectivity index (χ0v) is 12.8. The van der Waals surface area contributed by atoms with Crippen molar-refractivity contribution in [1.82, 2.24) is 0 Å². The van der Waals surface area contributed by atoms with Gasteiger partial charge in [0.25, 0.3) is 0 Å². The Labute approximate surface area is 117 Å². The van der Waals surface area contributed by atoms with Gasteiger partial charge in [-0.3, -0.25) is 0 Å². The van der Waals surface area contributed by atoms with Gasteiger partial charge in [-0.1, -0.05) is 39.0 Å². The first kappa shape index (κ1) is 14.4. The number of hydrogen-bond donors (Lipinski definition) is 2. The van der Waals surface area contributed by atoms with E-state index in [4.69, 9.17) is 5.73 Å². The number of nitrogens with one attached hydrogen (secondary N) is 1. The van der Waals surface area contributed by atoms with Gasteiger partial charge >= 0.3 is 0 Å². The molecule has 1 aromatic rings. The second-order valence-corrected chi connectivity index (χ2v) is 7.07. The quantitative estimate of drug-likeness (QED) is 0.863. The van der Waals surface area contributed by atoms with Gasteiger partial charge in [-0.05, 0) is 49.1 Å². The Morgan fingerprint density at radius 1 is 1.26 bits per heavy atom. The third-order valence-corrected chi connectivity index (χ3v) is 4.94. The summed E-state index contributed by atoms with van der Waals surface area (Å²) in [5, 5.41) is 3.77. The summed E-state index contributed by atoms with van der Waals surface area (Å²) in [6.45, 7) is 9.96. The Morgan fingerprint density at radius 3 is 2.53 bits per heavy atom. The van der Waals surface area contributed by atoms with Crippen molar-refractivity contribution in [3.8, 4) is 0 Å². The molecule has 0 saturated heterocycles. The van der Waals surface area contributed by atoms with Crippen molar-refractivity contribution in [3.63, 3.8) is 0 Å². The number of benzene rings is 1. The lowest BCUT2D eigenvalue weighted by Crippen LogP contribution is -2.55. The van der Waals surface area contributed by atoms with Crippen LogP contribution in [0, 0.1) is 18.3 Å². The number of hydrogen-bond acceptors (Lipinski definition) is 2. The molecule has 2 rings (SSSR count). The molecule has 0 radical (unpaired) electrons. The fourth-order valence-electron chi connectivity index (χ4n) is 3.46. The van der Waals surface area contributed by atoms with Gasteiger partial charge in [-0.2, -0.15) is 0 Å². The Kier molecular flexibility index (Phi) is 3.91. The Morgan fingerprint density at radius 2 is 1.95 bits per heavy atom. The third-order valence-electron chi connectivity index (χ3n) is 4.94. The van der Waals surface area contributed by atoms with E-state index in [0.717, 1.165) is 6.42 Å². The normalized spacial score (nSPS) is 30.1. The second-order valence-electron chi connectivity index (χ2n) is 7.07. The van der Waals surface area contributed by atoms with Crippen LogP contribution in [0.4, 0.5) is 5.69 Å². The smallest absolute Gasteiger partial charge is 0.0521 e. The second kappa shape index (κ2) is 5.16. The van der Waals surface area contributed by atoms with Gasteiger partial charge in [0.2, 0.25) is 0 Å². The van der Waals surface area contributed by atoms with Crippen LogP contribution in [-0.4, -0.2) is 12.1 Å². The molecular weight excluding hydrogens is 232 g/mol. The molecule has 2 heteroatoms. The maximum absolute atomic E-state index is 6.15. The van der Waals surface area contributed by atoms with Crippen LogP contribution in [0.1, 0.15) is 45.6 Å². The van der Waals surface area contributed by atoms with Crippen molar-refractivity contribution >= 4 is 5.69 Å². The molecule has 1 aliphatic carbocycles. The van der Waals surface area contributed by atoms with E-state index in [1.165, 1.54) is 24.1 Å². The number of nitrogens with two attached hydrogens (primary N) is 1. The first-order chi connectivity index (χ1) is 8.88. The molecule has 0 aromatic heterocycles. The number of para-hydroxylation sites is 1. The highest BCUT2D eigenvalue weighted by molar-refractivity contribution is 5.52. The van der Waals surface area contributed by atoms with Crippen LogP contribution in [0.25, 0.3) is 0 Å². The first-order valence-electron chi connectivity index (χ1n) is 7.42. The highest BCUT2D eigenvalue weighted by Gasteiger charge is 2.43. The molecule has 0 spiro atoms. The monoisotopic (exact) mass is 260 g/mol. The van der Waals surface area contributed by atoms with Crippen molar-refractivity contribution in [2.45, 2.75) is 52.5 Å². The van der Waals surface area contributed by atoms with Crippen LogP contribution in [0.5, 0.6) is 0 Å². The number of anilines is 1. The Balaban J connectivity index is 2.22. The average Bonchev–Trinajstić information content (AvgIpc) is 2.35. The van der Waals surface area contributed by atoms with Gasteiger partial charge in [0, 0.05) is 12.2 Å². The Hall–Kier alpha value is -1.02. The highest BCUT2D eigenvalue weighted by atomic mass is 15.0. The zero-order chi connectivity index (χ0) is 14.1. The molecule has 1 aliphatic rings. The maximum atomic E-state index is 6.15. The van der Waals surface area contributed by atoms with Gasteiger partial charge in [0.15, 0.2) is 0 Å². The largest absolute Gasteiger partial charge is 0.378 e. The maximum Gasteiger partial charge on any atom is 0.0521 e. The standard InChI is InChI=1S/C17H28N2/c1-13-7-5-6-8-15(13)19-17(12-18)10-9-16(3,4)11-14(17)2/h5-8,14,19H,9-12,18H2,1-4H3. The molecule has 0 heterocycles. The molecule has 1 aromatic carbocycles. The molecule has 0 bridgehead atoms. The lowest BCUT2D eigenvalue weighted by Gasteiger charge is -2.49. The molecule has 19 heavy (non-hydrogen) atoms. The summed E-state index contributed by atoms with van der Waals surface area (Å²) in [5.74, 6) is 0.598. The summed E-state index contributed by atoms with van der Waals surface area (Å²) >= 11 is 0. The predicted octanol–water partition coefficient (Wildman–Crippen LogP) is 3.95. The van der Waals surface area contributed by atoms with E-state index in [-0.39, 0.29) is 5.54 Å². The van der Waals surface area contributed by atoms with Crippen LogP contribution < -0.4 is 11.1 Å². The fourth-order valence-corrected chi connectivity index (χ4v) is 3.46. The number of aryl methyl sites for hydroxylation is 1. The van der Waals surface area contributed by atoms with Crippen LogP contribution in [0.2, 0.25) is 0 Å². The third kappa shape index (κ3) is 2.94. The minimum absolute atomic E-state index is 0.0572. The SMILES string of the molecule is Cc1ccccc1NC1(CN)CCC(C)(C)CC1C.